The van der Waals surface area contributed by atoms with E-state index in [1.165, 1.54) is 0 Å². The van der Waals surface area contributed by atoms with Crippen LogP contribution in [0.15, 0.2) is 18.2 Å². The van der Waals surface area contributed by atoms with Gasteiger partial charge in [0.05, 0.1) is 0 Å². The zero-order valence-corrected chi connectivity index (χ0v) is 10.1. The quantitative estimate of drug-likeness (QED) is 0.831. The SMILES string of the molecule is CCNc1cccc(N2CCN(C)CC2)n1. The van der Waals surface area contributed by atoms with Crippen LogP contribution in [-0.2, 0) is 0 Å². The fourth-order valence-electron chi connectivity index (χ4n) is 1.91. The van der Waals surface area contributed by atoms with Gasteiger partial charge in [-0.3, -0.25) is 0 Å². The first-order valence-corrected chi connectivity index (χ1v) is 5.94. The molecule has 2 heterocycles. The van der Waals surface area contributed by atoms with Crippen LogP contribution in [0.25, 0.3) is 0 Å². The van der Waals surface area contributed by atoms with Crippen LogP contribution in [0.5, 0.6) is 0 Å². The summed E-state index contributed by atoms with van der Waals surface area (Å²) in [5.41, 5.74) is 0. The first kappa shape index (κ1) is 11.2. The smallest absolute Gasteiger partial charge is 0.131 e. The minimum atomic E-state index is 0.916. The lowest BCUT2D eigenvalue weighted by Crippen LogP contribution is -2.44. The zero-order chi connectivity index (χ0) is 11.4. The van der Waals surface area contributed by atoms with Gasteiger partial charge in [0.15, 0.2) is 0 Å². The molecular weight excluding hydrogens is 200 g/mol. The maximum Gasteiger partial charge on any atom is 0.131 e. The second-order valence-electron chi connectivity index (χ2n) is 4.20. The third-order valence-corrected chi connectivity index (χ3v) is 2.92. The first-order chi connectivity index (χ1) is 7.79. The molecule has 4 heteroatoms. The Kier molecular flexibility index (Phi) is 3.62. The molecule has 4 nitrogen and oxygen atoms in total. The van der Waals surface area contributed by atoms with Crippen LogP contribution in [-0.4, -0.2) is 49.7 Å². The van der Waals surface area contributed by atoms with Crippen molar-refractivity contribution >= 4 is 11.6 Å². The number of aromatic nitrogens is 1. The maximum atomic E-state index is 4.61. The van der Waals surface area contributed by atoms with E-state index >= 15 is 0 Å². The van der Waals surface area contributed by atoms with Crippen molar-refractivity contribution in [3.05, 3.63) is 18.2 Å². The number of nitrogens with one attached hydrogen (secondary N) is 1. The van der Waals surface area contributed by atoms with Crippen LogP contribution in [0.1, 0.15) is 6.92 Å². The molecular formula is C12H20N4. The summed E-state index contributed by atoms with van der Waals surface area (Å²) in [5.74, 6) is 2.06. The molecule has 1 saturated heterocycles. The highest BCUT2D eigenvalue weighted by Gasteiger charge is 2.15. The van der Waals surface area contributed by atoms with Crippen LogP contribution >= 0.6 is 0 Å². The molecule has 1 aliphatic heterocycles. The Balaban J connectivity index is 2.05. The van der Waals surface area contributed by atoms with E-state index in [1.54, 1.807) is 0 Å². The Labute approximate surface area is 97.3 Å². The Morgan fingerprint density at radius 3 is 2.69 bits per heavy atom. The lowest BCUT2D eigenvalue weighted by atomic mass is 10.3. The van der Waals surface area contributed by atoms with Crippen LogP contribution in [0.4, 0.5) is 11.6 Å². The van der Waals surface area contributed by atoms with Crippen molar-refractivity contribution in [2.75, 3.05) is 50.0 Å². The second-order valence-corrected chi connectivity index (χ2v) is 4.20. The monoisotopic (exact) mass is 220 g/mol. The fraction of sp³-hybridized carbons (Fsp3) is 0.583. The molecule has 0 spiro atoms. The van der Waals surface area contributed by atoms with Gasteiger partial charge >= 0.3 is 0 Å². The predicted molar refractivity (Wildman–Crippen MR) is 68.1 cm³/mol. The predicted octanol–water partition coefficient (Wildman–Crippen LogP) is 1.27. The molecule has 0 aliphatic carbocycles. The molecule has 0 saturated carbocycles. The molecule has 0 bridgehead atoms. The number of anilines is 2. The Bertz CT molecular complexity index is 332. The van der Waals surface area contributed by atoms with Gasteiger partial charge in [0.1, 0.15) is 11.6 Å². The summed E-state index contributed by atoms with van der Waals surface area (Å²) in [6.45, 7) is 7.38. The number of hydrogen-bond acceptors (Lipinski definition) is 4. The van der Waals surface area contributed by atoms with Crippen molar-refractivity contribution in [1.29, 1.82) is 0 Å². The molecule has 1 aliphatic rings. The highest BCUT2D eigenvalue weighted by atomic mass is 15.3. The molecule has 0 amide bonds. The van der Waals surface area contributed by atoms with Crippen molar-refractivity contribution in [3.8, 4) is 0 Å². The van der Waals surface area contributed by atoms with Crippen LogP contribution in [0.3, 0.4) is 0 Å². The summed E-state index contributed by atoms with van der Waals surface area (Å²) in [6, 6.07) is 6.17. The minimum Gasteiger partial charge on any atom is -0.370 e. The van der Waals surface area contributed by atoms with Gasteiger partial charge in [0.2, 0.25) is 0 Å². The van der Waals surface area contributed by atoms with Gasteiger partial charge in [0, 0.05) is 32.7 Å². The number of hydrogen-bond donors (Lipinski definition) is 1. The van der Waals surface area contributed by atoms with Crippen LogP contribution in [0, 0.1) is 0 Å². The molecule has 1 fully saturated rings. The Hall–Kier alpha value is -1.29. The standard InChI is InChI=1S/C12H20N4/c1-3-13-11-5-4-6-12(14-11)16-9-7-15(2)8-10-16/h4-6H,3,7-10H2,1-2H3,(H,13,14). The molecule has 0 atom stereocenters. The van der Waals surface area contributed by atoms with E-state index in [4.69, 9.17) is 0 Å². The highest BCUT2D eigenvalue weighted by molar-refractivity contribution is 5.47. The van der Waals surface area contributed by atoms with E-state index in [0.29, 0.717) is 0 Å². The lowest BCUT2D eigenvalue weighted by molar-refractivity contribution is 0.312. The van der Waals surface area contributed by atoms with Crippen LogP contribution in [0.2, 0.25) is 0 Å². The van der Waals surface area contributed by atoms with E-state index in [-0.39, 0.29) is 0 Å². The third-order valence-electron chi connectivity index (χ3n) is 2.92. The molecule has 88 valence electrons. The minimum absolute atomic E-state index is 0.916. The van der Waals surface area contributed by atoms with Gasteiger partial charge < -0.3 is 15.1 Å². The van der Waals surface area contributed by atoms with E-state index in [2.05, 4.69) is 46.2 Å². The van der Waals surface area contributed by atoms with Crippen LogP contribution < -0.4 is 10.2 Å². The maximum absolute atomic E-state index is 4.61. The van der Waals surface area contributed by atoms with Gasteiger partial charge in [-0.2, -0.15) is 0 Å². The number of rotatable bonds is 3. The first-order valence-electron chi connectivity index (χ1n) is 5.94. The summed E-state index contributed by atoms with van der Waals surface area (Å²) in [5, 5.41) is 3.25. The van der Waals surface area contributed by atoms with Gasteiger partial charge in [-0.05, 0) is 26.1 Å². The average Bonchev–Trinajstić information content (AvgIpc) is 2.31. The molecule has 1 aromatic heterocycles. The van der Waals surface area contributed by atoms with Crippen molar-refractivity contribution in [1.82, 2.24) is 9.88 Å². The molecule has 0 radical (unpaired) electrons. The topological polar surface area (TPSA) is 31.4 Å². The van der Waals surface area contributed by atoms with E-state index < -0.39 is 0 Å². The summed E-state index contributed by atoms with van der Waals surface area (Å²) in [7, 11) is 2.17. The normalized spacial score (nSPS) is 17.5. The molecule has 1 N–H and O–H groups in total. The molecule has 2 rings (SSSR count). The fourth-order valence-corrected chi connectivity index (χ4v) is 1.91. The zero-order valence-electron chi connectivity index (χ0n) is 10.1. The highest BCUT2D eigenvalue weighted by Crippen LogP contribution is 2.15. The summed E-state index contributed by atoms with van der Waals surface area (Å²) >= 11 is 0. The van der Waals surface area contributed by atoms with Gasteiger partial charge in [0.25, 0.3) is 0 Å². The molecule has 16 heavy (non-hydrogen) atoms. The molecule has 0 unspecified atom stereocenters. The average molecular weight is 220 g/mol. The van der Waals surface area contributed by atoms with Crippen molar-refractivity contribution in [3.63, 3.8) is 0 Å². The van der Waals surface area contributed by atoms with Crippen molar-refractivity contribution in [2.24, 2.45) is 0 Å². The third kappa shape index (κ3) is 2.64. The summed E-state index contributed by atoms with van der Waals surface area (Å²) in [6.07, 6.45) is 0. The number of pyridine rings is 1. The lowest BCUT2D eigenvalue weighted by Gasteiger charge is -2.33. The molecule has 1 aromatic rings. The number of nitrogens with zero attached hydrogens (tertiary/aromatic N) is 3. The van der Waals surface area contributed by atoms with E-state index in [1.807, 2.05) is 6.07 Å². The summed E-state index contributed by atoms with van der Waals surface area (Å²) < 4.78 is 0. The van der Waals surface area contributed by atoms with Crippen molar-refractivity contribution in [2.45, 2.75) is 6.92 Å². The van der Waals surface area contributed by atoms with Gasteiger partial charge in [-0.15, -0.1) is 0 Å². The second kappa shape index (κ2) is 5.16. The Morgan fingerprint density at radius 1 is 1.25 bits per heavy atom. The van der Waals surface area contributed by atoms with E-state index in [0.717, 1.165) is 44.4 Å². The molecule has 0 aromatic carbocycles. The van der Waals surface area contributed by atoms with E-state index in [9.17, 15) is 0 Å². The van der Waals surface area contributed by atoms with Gasteiger partial charge in [-0.1, -0.05) is 6.07 Å². The largest absolute Gasteiger partial charge is 0.370 e. The number of piperazine rings is 1. The number of likely N-dealkylation sites (N-methyl/N-ethyl adjacent to an activating group) is 1. The van der Waals surface area contributed by atoms with Crippen molar-refractivity contribution < 1.29 is 0 Å². The van der Waals surface area contributed by atoms with Gasteiger partial charge in [-0.25, -0.2) is 4.98 Å². The summed E-state index contributed by atoms with van der Waals surface area (Å²) in [4.78, 5) is 9.31. The Morgan fingerprint density at radius 2 is 2.00 bits per heavy atom.